The summed E-state index contributed by atoms with van der Waals surface area (Å²) in [5.74, 6) is 0.451. The van der Waals surface area contributed by atoms with Crippen molar-refractivity contribution in [3.63, 3.8) is 0 Å². The van der Waals surface area contributed by atoms with Crippen LogP contribution in [0.1, 0.15) is 56.0 Å². The monoisotopic (exact) mass is 420 g/mol. The van der Waals surface area contributed by atoms with Gasteiger partial charge in [-0.2, -0.15) is 4.31 Å². The number of carbonyl (C=O) groups excluding carboxylic acids is 1. The average Bonchev–Trinajstić information content (AvgIpc) is 3.16. The zero-order chi connectivity index (χ0) is 21.0. The lowest BCUT2D eigenvalue weighted by Gasteiger charge is -2.43. The first-order valence-corrected chi connectivity index (χ1v) is 12.0. The van der Waals surface area contributed by atoms with Gasteiger partial charge in [0.25, 0.3) is 5.91 Å². The van der Waals surface area contributed by atoms with E-state index in [1.807, 2.05) is 6.92 Å². The lowest BCUT2D eigenvalue weighted by molar-refractivity contribution is 0.0728. The molecule has 1 amide bonds. The number of fused-ring (bicyclic) bond motifs is 2. The SMILES string of the molecule is Cc1cc(C(=O)NC2C(C)(C)[C@@H]3CC[C@]2(C)C3)cc(S(=O)(=O)N2CCOCC2)c1. The molecule has 3 aliphatic rings. The van der Waals surface area contributed by atoms with Crippen LogP contribution in [0.5, 0.6) is 0 Å². The molecule has 3 fully saturated rings. The van der Waals surface area contributed by atoms with Crippen molar-refractivity contribution >= 4 is 15.9 Å². The number of rotatable bonds is 4. The van der Waals surface area contributed by atoms with Crippen molar-refractivity contribution in [2.45, 2.75) is 57.9 Å². The molecule has 2 aliphatic carbocycles. The van der Waals surface area contributed by atoms with E-state index in [1.165, 1.54) is 16.8 Å². The van der Waals surface area contributed by atoms with Crippen LogP contribution in [0.3, 0.4) is 0 Å². The summed E-state index contributed by atoms with van der Waals surface area (Å²) in [6.45, 7) is 10.1. The molecule has 1 aromatic carbocycles. The molecule has 6 nitrogen and oxygen atoms in total. The Hall–Kier alpha value is -1.44. The Morgan fingerprint density at radius 1 is 1.17 bits per heavy atom. The first-order valence-electron chi connectivity index (χ1n) is 10.5. The summed E-state index contributed by atoms with van der Waals surface area (Å²) >= 11 is 0. The van der Waals surface area contributed by atoms with Gasteiger partial charge in [-0.25, -0.2) is 8.42 Å². The molecule has 2 saturated carbocycles. The maximum absolute atomic E-state index is 13.2. The van der Waals surface area contributed by atoms with Gasteiger partial charge in [-0.05, 0) is 66.7 Å². The Morgan fingerprint density at radius 3 is 2.48 bits per heavy atom. The molecule has 1 N–H and O–H groups in total. The van der Waals surface area contributed by atoms with E-state index in [4.69, 9.17) is 4.74 Å². The van der Waals surface area contributed by atoms with Gasteiger partial charge in [0.15, 0.2) is 0 Å². The Kier molecular flexibility index (Phi) is 5.07. The van der Waals surface area contributed by atoms with Gasteiger partial charge in [0, 0.05) is 24.7 Å². The van der Waals surface area contributed by atoms with Gasteiger partial charge in [-0.15, -0.1) is 0 Å². The van der Waals surface area contributed by atoms with Crippen LogP contribution in [0.2, 0.25) is 0 Å². The summed E-state index contributed by atoms with van der Waals surface area (Å²) < 4.78 is 32.8. The number of benzene rings is 1. The van der Waals surface area contributed by atoms with E-state index in [2.05, 4.69) is 26.1 Å². The van der Waals surface area contributed by atoms with E-state index in [9.17, 15) is 13.2 Å². The molecule has 0 radical (unpaired) electrons. The number of carbonyl (C=O) groups is 1. The molecule has 2 bridgehead atoms. The highest BCUT2D eigenvalue weighted by molar-refractivity contribution is 7.89. The first kappa shape index (κ1) is 20.8. The van der Waals surface area contributed by atoms with Crippen molar-refractivity contribution in [3.8, 4) is 0 Å². The lowest BCUT2D eigenvalue weighted by Crippen LogP contribution is -2.52. The minimum atomic E-state index is -3.64. The third-order valence-electron chi connectivity index (χ3n) is 7.47. The first-order chi connectivity index (χ1) is 13.5. The number of aryl methyl sites for hydroxylation is 1. The van der Waals surface area contributed by atoms with E-state index in [0.29, 0.717) is 37.8 Å². The highest BCUT2D eigenvalue weighted by Crippen LogP contribution is 2.62. The largest absolute Gasteiger partial charge is 0.379 e. The molecular formula is C22H32N2O4S. The Labute approximate surface area is 174 Å². The molecule has 7 heteroatoms. The van der Waals surface area contributed by atoms with Gasteiger partial charge in [0.1, 0.15) is 0 Å². The third-order valence-corrected chi connectivity index (χ3v) is 9.34. The molecule has 0 aromatic heterocycles. The van der Waals surface area contributed by atoms with Crippen LogP contribution in [0.25, 0.3) is 0 Å². The molecule has 160 valence electrons. The van der Waals surface area contributed by atoms with E-state index in [-0.39, 0.29) is 27.7 Å². The number of amides is 1. The predicted molar refractivity (Wildman–Crippen MR) is 111 cm³/mol. The van der Waals surface area contributed by atoms with Crippen LogP contribution < -0.4 is 5.32 Å². The molecule has 3 atom stereocenters. The molecule has 1 saturated heterocycles. The number of hydrogen-bond donors (Lipinski definition) is 1. The summed E-state index contributed by atoms with van der Waals surface area (Å²) in [5, 5.41) is 3.28. The predicted octanol–water partition coefficient (Wildman–Crippen LogP) is 2.96. The molecule has 1 heterocycles. The van der Waals surface area contributed by atoms with Crippen molar-refractivity contribution < 1.29 is 17.9 Å². The van der Waals surface area contributed by atoms with Gasteiger partial charge < -0.3 is 10.1 Å². The minimum absolute atomic E-state index is 0.0508. The summed E-state index contributed by atoms with van der Waals surface area (Å²) in [7, 11) is -3.64. The van der Waals surface area contributed by atoms with Gasteiger partial charge in [-0.3, -0.25) is 4.79 Å². The smallest absolute Gasteiger partial charge is 0.251 e. The molecule has 1 aliphatic heterocycles. The lowest BCUT2D eigenvalue weighted by atomic mass is 9.68. The van der Waals surface area contributed by atoms with Gasteiger partial charge in [-0.1, -0.05) is 20.8 Å². The minimum Gasteiger partial charge on any atom is -0.379 e. The molecule has 0 spiro atoms. The van der Waals surface area contributed by atoms with Crippen molar-refractivity contribution in [1.29, 1.82) is 0 Å². The molecular weight excluding hydrogens is 388 g/mol. The molecule has 29 heavy (non-hydrogen) atoms. The Balaban J connectivity index is 1.60. The number of nitrogens with zero attached hydrogens (tertiary/aromatic N) is 1. The third kappa shape index (κ3) is 3.51. The normalized spacial score (nSPS) is 31.7. The van der Waals surface area contributed by atoms with E-state index < -0.39 is 10.0 Å². The molecule has 1 aromatic rings. The van der Waals surface area contributed by atoms with Crippen LogP contribution in [0, 0.1) is 23.7 Å². The zero-order valence-corrected chi connectivity index (χ0v) is 18.6. The fourth-order valence-electron chi connectivity index (χ4n) is 5.84. The fourth-order valence-corrected chi connectivity index (χ4v) is 7.38. The zero-order valence-electron chi connectivity index (χ0n) is 17.8. The summed E-state index contributed by atoms with van der Waals surface area (Å²) in [5.41, 5.74) is 1.35. The van der Waals surface area contributed by atoms with Crippen molar-refractivity contribution in [1.82, 2.24) is 9.62 Å². The van der Waals surface area contributed by atoms with Crippen molar-refractivity contribution in [2.75, 3.05) is 26.3 Å². The fraction of sp³-hybridized carbons (Fsp3) is 0.682. The van der Waals surface area contributed by atoms with Gasteiger partial charge >= 0.3 is 0 Å². The van der Waals surface area contributed by atoms with Crippen LogP contribution >= 0.6 is 0 Å². The molecule has 4 rings (SSSR count). The average molecular weight is 421 g/mol. The van der Waals surface area contributed by atoms with Crippen LogP contribution in [0.15, 0.2) is 23.1 Å². The van der Waals surface area contributed by atoms with Gasteiger partial charge in [0.2, 0.25) is 10.0 Å². The summed E-state index contributed by atoms with van der Waals surface area (Å²) in [6.07, 6.45) is 3.51. The number of morpholine rings is 1. The molecule has 1 unspecified atom stereocenters. The van der Waals surface area contributed by atoms with E-state index in [0.717, 1.165) is 18.4 Å². The summed E-state index contributed by atoms with van der Waals surface area (Å²) in [6, 6.07) is 5.04. The Bertz CT molecular complexity index is 916. The maximum atomic E-state index is 13.2. The van der Waals surface area contributed by atoms with E-state index >= 15 is 0 Å². The van der Waals surface area contributed by atoms with Crippen LogP contribution in [0.4, 0.5) is 0 Å². The van der Waals surface area contributed by atoms with Crippen LogP contribution in [-0.4, -0.2) is 51.0 Å². The van der Waals surface area contributed by atoms with Crippen molar-refractivity contribution in [2.24, 2.45) is 16.7 Å². The van der Waals surface area contributed by atoms with Crippen molar-refractivity contribution in [3.05, 3.63) is 29.3 Å². The number of nitrogens with one attached hydrogen (secondary N) is 1. The second-order valence-electron chi connectivity index (χ2n) is 9.87. The quantitative estimate of drug-likeness (QED) is 0.813. The van der Waals surface area contributed by atoms with Gasteiger partial charge in [0.05, 0.1) is 18.1 Å². The summed E-state index contributed by atoms with van der Waals surface area (Å²) in [4.78, 5) is 13.4. The maximum Gasteiger partial charge on any atom is 0.251 e. The number of hydrogen-bond acceptors (Lipinski definition) is 4. The second kappa shape index (κ2) is 7.06. The topological polar surface area (TPSA) is 75.7 Å². The standard InChI is InChI=1S/C22H32N2O4S/c1-15-11-16(13-18(12-15)29(26,27)24-7-9-28-10-8-24)19(25)23-20-21(2,3)17-5-6-22(20,4)14-17/h11-13,17,20H,5-10,14H2,1-4H3,(H,23,25)/t17-,20?,22-/m1/s1. The highest BCUT2D eigenvalue weighted by Gasteiger charge is 2.59. The highest BCUT2D eigenvalue weighted by atomic mass is 32.2. The Morgan fingerprint density at radius 2 is 1.86 bits per heavy atom. The number of ether oxygens (including phenoxy) is 1. The second-order valence-corrected chi connectivity index (χ2v) is 11.8. The number of sulfonamides is 1. The van der Waals surface area contributed by atoms with Crippen LogP contribution in [-0.2, 0) is 14.8 Å². The van der Waals surface area contributed by atoms with E-state index in [1.54, 1.807) is 12.1 Å².